The highest BCUT2D eigenvalue weighted by molar-refractivity contribution is 7.23. The van der Waals surface area contributed by atoms with Crippen molar-refractivity contribution in [2.45, 2.75) is 19.5 Å². The van der Waals surface area contributed by atoms with Crippen molar-refractivity contribution in [2.75, 3.05) is 26.1 Å². The minimum atomic E-state index is -0.263. The fourth-order valence-corrected chi connectivity index (χ4v) is 7.36. The molecule has 6 nitrogen and oxygen atoms in total. The number of rotatable bonds is 7. The Hall–Kier alpha value is -3.72. The van der Waals surface area contributed by atoms with Gasteiger partial charge in [-0.05, 0) is 41.8 Å². The van der Waals surface area contributed by atoms with E-state index in [0.29, 0.717) is 17.1 Å². The molecule has 5 aromatic rings. The van der Waals surface area contributed by atoms with Crippen LogP contribution in [0, 0.1) is 0 Å². The first-order valence-electron chi connectivity index (χ1n) is 12.4. The molecular weight excluding hydrogens is 514 g/mol. The van der Waals surface area contributed by atoms with Gasteiger partial charge in [0, 0.05) is 30.1 Å². The smallest absolute Gasteiger partial charge is 0.263 e. The molecule has 192 valence electrons. The Kier molecular flexibility index (Phi) is 6.84. The fraction of sp³-hybridized carbons (Fsp3) is 0.200. The zero-order chi connectivity index (χ0) is 26.1. The molecule has 1 amide bonds. The van der Waals surface area contributed by atoms with Gasteiger partial charge in [-0.15, -0.1) is 22.7 Å². The molecule has 0 unspecified atom stereocenters. The molecule has 3 aromatic carbocycles. The highest BCUT2D eigenvalue weighted by Gasteiger charge is 2.29. The van der Waals surface area contributed by atoms with Crippen LogP contribution in [0.2, 0.25) is 0 Å². The summed E-state index contributed by atoms with van der Waals surface area (Å²) in [4.78, 5) is 22.4. The third kappa shape index (κ3) is 4.67. The van der Waals surface area contributed by atoms with Crippen LogP contribution in [0.15, 0.2) is 72.8 Å². The lowest BCUT2D eigenvalue weighted by atomic mass is 10.0. The predicted octanol–water partition coefficient (Wildman–Crippen LogP) is 6.85. The number of thiophene rings is 1. The molecule has 0 radical (unpaired) electrons. The van der Waals surface area contributed by atoms with E-state index in [1.165, 1.54) is 16.0 Å². The number of hydrogen-bond acceptors (Lipinski definition) is 7. The number of amides is 1. The van der Waals surface area contributed by atoms with Gasteiger partial charge in [0.2, 0.25) is 0 Å². The van der Waals surface area contributed by atoms with E-state index in [4.69, 9.17) is 14.5 Å². The second-order valence-electron chi connectivity index (χ2n) is 9.13. The Labute approximate surface area is 229 Å². The lowest BCUT2D eigenvalue weighted by Crippen LogP contribution is -2.29. The Morgan fingerprint density at radius 3 is 2.42 bits per heavy atom. The minimum absolute atomic E-state index is 0.263. The number of methoxy groups -OCH3 is 2. The highest BCUT2D eigenvalue weighted by Crippen LogP contribution is 2.46. The van der Waals surface area contributed by atoms with Gasteiger partial charge in [0.05, 0.1) is 24.4 Å². The van der Waals surface area contributed by atoms with Gasteiger partial charge in [-0.3, -0.25) is 9.69 Å². The van der Waals surface area contributed by atoms with E-state index in [0.717, 1.165) is 51.8 Å². The van der Waals surface area contributed by atoms with Crippen molar-refractivity contribution in [1.82, 2.24) is 9.88 Å². The van der Waals surface area contributed by atoms with Crippen molar-refractivity contribution in [2.24, 2.45) is 0 Å². The molecule has 0 bridgehead atoms. The van der Waals surface area contributed by atoms with Crippen molar-refractivity contribution in [3.63, 3.8) is 0 Å². The molecule has 0 aliphatic carbocycles. The van der Waals surface area contributed by atoms with Crippen LogP contribution in [0.1, 0.15) is 26.4 Å². The van der Waals surface area contributed by atoms with E-state index in [9.17, 15) is 4.79 Å². The molecule has 1 aliphatic rings. The molecule has 1 N–H and O–H groups in total. The number of nitrogens with one attached hydrogen (secondary N) is 1. The van der Waals surface area contributed by atoms with Crippen molar-refractivity contribution in [3.8, 4) is 22.1 Å². The largest absolute Gasteiger partial charge is 0.496 e. The molecule has 0 spiro atoms. The number of thiazole rings is 1. The second kappa shape index (κ2) is 10.6. The molecule has 3 heterocycles. The van der Waals surface area contributed by atoms with Gasteiger partial charge in [-0.25, -0.2) is 4.98 Å². The van der Waals surface area contributed by atoms with Crippen LogP contribution in [0.25, 0.3) is 20.8 Å². The molecule has 0 atom stereocenters. The zero-order valence-corrected chi connectivity index (χ0v) is 22.8. The molecule has 38 heavy (non-hydrogen) atoms. The topological polar surface area (TPSA) is 63.7 Å². The Bertz CT molecular complexity index is 1550. The average Bonchev–Trinajstić information content (AvgIpc) is 3.53. The van der Waals surface area contributed by atoms with E-state index in [1.54, 1.807) is 49.0 Å². The number of carbonyl (C=O) groups excluding carboxylic acids is 1. The molecule has 6 rings (SSSR count). The molecule has 1 aliphatic heterocycles. The van der Waals surface area contributed by atoms with E-state index in [-0.39, 0.29) is 5.91 Å². The maximum atomic E-state index is 13.7. The number of fused-ring (bicyclic) bond motifs is 2. The number of hydrogen-bond donors (Lipinski definition) is 1. The first-order chi connectivity index (χ1) is 18.6. The third-order valence-electron chi connectivity index (χ3n) is 6.77. The number of para-hydroxylation sites is 1. The molecule has 8 heteroatoms. The fourth-order valence-electron chi connectivity index (χ4n) is 4.97. The number of aromatic nitrogens is 1. The number of anilines is 1. The molecule has 0 saturated carbocycles. The average molecular weight is 542 g/mol. The van der Waals surface area contributed by atoms with Crippen LogP contribution in [-0.2, 0) is 19.5 Å². The zero-order valence-electron chi connectivity index (χ0n) is 21.2. The minimum Gasteiger partial charge on any atom is -0.496 e. The maximum absolute atomic E-state index is 13.7. The summed E-state index contributed by atoms with van der Waals surface area (Å²) in [7, 11) is 3.12. The Balaban J connectivity index is 1.39. The molecule has 0 saturated heterocycles. The van der Waals surface area contributed by atoms with E-state index < -0.39 is 0 Å². The van der Waals surface area contributed by atoms with Crippen LogP contribution < -0.4 is 14.8 Å². The standard InChI is InChI=1S/C30H27N3O3S2/c1-35-22-12-8-13-23(36-2)27(22)28(34)32-30-26(29-31-21-11-6-7-14-24(21)37-29)20-15-16-33(18-25(20)38-30)17-19-9-4-3-5-10-19/h3-14H,15-18H2,1-2H3,(H,32,34). The van der Waals surface area contributed by atoms with E-state index >= 15 is 0 Å². The van der Waals surface area contributed by atoms with Crippen LogP contribution in [-0.4, -0.2) is 36.6 Å². The summed E-state index contributed by atoms with van der Waals surface area (Å²) >= 11 is 3.31. The lowest BCUT2D eigenvalue weighted by Gasteiger charge is -2.27. The summed E-state index contributed by atoms with van der Waals surface area (Å²) in [6.45, 7) is 2.68. The quantitative estimate of drug-likeness (QED) is 0.244. The van der Waals surface area contributed by atoms with Crippen LogP contribution >= 0.6 is 22.7 Å². The summed E-state index contributed by atoms with van der Waals surface area (Å²) in [5.41, 5.74) is 4.96. The van der Waals surface area contributed by atoms with E-state index in [1.807, 2.05) is 30.3 Å². The van der Waals surface area contributed by atoms with Crippen molar-refractivity contribution >= 4 is 43.8 Å². The summed E-state index contributed by atoms with van der Waals surface area (Å²) in [6.07, 6.45) is 0.901. The Morgan fingerprint density at radius 1 is 0.947 bits per heavy atom. The Morgan fingerprint density at radius 2 is 1.68 bits per heavy atom. The van der Waals surface area contributed by atoms with E-state index in [2.05, 4.69) is 40.5 Å². The van der Waals surface area contributed by atoms with Crippen LogP contribution in [0.3, 0.4) is 0 Å². The van der Waals surface area contributed by atoms with Gasteiger partial charge in [-0.1, -0.05) is 48.5 Å². The van der Waals surface area contributed by atoms with Crippen LogP contribution in [0.5, 0.6) is 11.5 Å². The molecule has 0 fully saturated rings. The maximum Gasteiger partial charge on any atom is 0.263 e. The first-order valence-corrected chi connectivity index (χ1v) is 14.1. The summed E-state index contributed by atoms with van der Waals surface area (Å²) in [5.74, 6) is 0.680. The first kappa shape index (κ1) is 24.6. The highest BCUT2D eigenvalue weighted by atomic mass is 32.1. The van der Waals surface area contributed by atoms with Gasteiger partial charge in [0.25, 0.3) is 5.91 Å². The monoisotopic (exact) mass is 541 g/mol. The number of ether oxygens (including phenoxy) is 2. The molecule has 2 aromatic heterocycles. The number of nitrogens with zero attached hydrogens (tertiary/aromatic N) is 2. The van der Waals surface area contributed by atoms with Crippen molar-refractivity contribution < 1.29 is 14.3 Å². The van der Waals surface area contributed by atoms with Gasteiger partial charge in [0.15, 0.2) is 0 Å². The van der Waals surface area contributed by atoms with Gasteiger partial charge < -0.3 is 14.8 Å². The van der Waals surface area contributed by atoms with Crippen LogP contribution in [0.4, 0.5) is 5.00 Å². The van der Waals surface area contributed by atoms with Gasteiger partial charge in [0.1, 0.15) is 27.1 Å². The van der Waals surface area contributed by atoms with Crippen molar-refractivity contribution in [3.05, 3.63) is 94.4 Å². The lowest BCUT2D eigenvalue weighted by molar-refractivity contribution is 0.102. The summed E-state index contributed by atoms with van der Waals surface area (Å²) in [6, 6.07) is 24.1. The van der Waals surface area contributed by atoms with Crippen molar-refractivity contribution in [1.29, 1.82) is 0 Å². The normalized spacial score (nSPS) is 13.3. The predicted molar refractivity (Wildman–Crippen MR) is 155 cm³/mol. The molecular formula is C30H27N3O3S2. The SMILES string of the molecule is COc1cccc(OC)c1C(=O)Nc1sc2c(c1-c1nc3ccccc3s1)CCN(Cc1ccccc1)C2. The number of carbonyl (C=O) groups is 1. The second-order valence-corrected chi connectivity index (χ2v) is 11.3. The van der Waals surface area contributed by atoms with Gasteiger partial charge in [-0.2, -0.15) is 0 Å². The van der Waals surface area contributed by atoms with Gasteiger partial charge >= 0.3 is 0 Å². The number of benzene rings is 3. The third-order valence-corrected chi connectivity index (χ3v) is 8.96. The summed E-state index contributed by atoms with van der Waals surface area (Å²) in [5, 5.41) is 4.95. The summed E-state index contributed by atoms with van der Waals surface area (Å²) < 4.78 is 12.1.